The molecule has 0 unspecified atom stereocenters. The lowest BCUT2D eigenvalue weighted by molar-refractivity contribution is 0.647. The summed E-state index contributed by atoms with van der Waals surface area (Å²) in [6, 6.07) is 16.7. The molecule has 0 bridgehead atoms. The first-order valence-corrected chi connectivity index (χ1v) is 6.39. The molecule has 18 heavy (non-hydrogen) atoms. The van der Waals surface area contributed by atoms with E-state index in [9.17, 15) is 0 Å². The third kappa shape index (κ3) is 2.30. The standard InChI is InChI=1S/C15H17N3/c1-2-6-14(7-3-1)17-10-12-18(13-11-17)15-8-4-5-9-16-15/h1-9H,10-13H2. The van der Waals surface area contributed by atoms with Gasteiger partial charge >= 0.3 is 0 Å². The lowest BCUT2D eigenvalue weighted by Gasteiger charge is -2.36. The number of benzene rings is 1. The van der Waals surface area contributed by atoms with Crippen molar-refractivity contribution in [1.82, 2.24) is 4.98 Å². The Labute approximate surface area is 108 Å². The van der Waals surface area contributed by atoms with Gasteiger partial charge < -0.3 is 9.80 Å². The Hall–Kier alpha value is -2.03. The van der Waals surface area contributed by atoms with E-state index in [2.05, 4.69) is 51.2 Å². The molecule has 92 valence electrons. The fourth-order valence-corrected chi connectivity index (χ4v) is 2.37. The zero-order chi connectivity index (χ0) is 12.2. The molecule has 0 atom stereocenters. The molecule has 0 aliphatic carbocycles. The second-order valence-electron chi connectivity index (χ2n) is 4.50. The second-order valence-corrected chi connectivity index (χ2v) is 4.50. The fraction of sp³-hybridized carbons (Fsp3) is 0.267. The molecule has 1 aliphatic rings. The van der Waals surface area contributed by atoms with Crippen LogP contribution in [0.1, 0.15) is 0 Å². The van der Waals surface area contributed by atoms with E-state index in [-0.39, 0.29) is 0 Å². The largest absolute Gasteiger partial charge is 0.368 e. The van der Waals surface area contributed by atoms with Gasteiger partial charge in [-0.25, -0.2) is 4.98 Å². The van der Waals surface area contributed by atoms with Gasteiger partial charge in [-0.1, -0.05) is 24.3 Å². The maximum atomic E-state index is 4.41. The van der Waals surface area contributed by atoms with Crippen LogP contribution in [0.2, 0.25) is 0 Å². The first kappa shape index (κ1) is 11.1. The van der Waals surface area contributed by atoms with E-state index in [0.717, 1.165) is 32.0 Å². The normalized spacial score (nSPS) is 15.8. The van der Waals surface area contributed by atoms with Crippen LogP contribution in [0.15, 0.2) is 54.7 Å². The summed E-state index contributed by atoms with van der Waals surface area (Å²) in [4.78, 5) is 9.18. The minimum absolute atomic E-state index is 1.03. The summed E-state index contributed by atoms with van der Waals surface area (Å²) < 4.78 is 0. The summed E-state index contributed by atoms with van der Waals surface area (Å²) in [5.74, 6) is 1.09. The number of piperazine rings is 1. The van der Waals surface area contributed by atoms with Gasteiger partial charge in [-0.3, -0.25) is 0 Å². The highest BCUT2D eigenvalue weighted by Crippen LogP contribution is 2.18. The van der Waals surface area contributed by atoms with Crippen LogP contribution in [0.4, 0.5) is 11.5 Å². The molecule has 2 aromatic rings. The highest BCUT2D eigenvalue weighted by Gasteiger charge is 2.17. The molecule has 2 heterocycles. The van der Waals surface area contributed by atoms with Gasteiger partial charge in [0.2, 0.25) is 0 Å². The van der Waals surface area contributed by atoms with Gasteiger partial charge in [0, 0.05) is 38.1 Å². The van der Waals surface area contributed by atoms with Crippen molar-refractivity contribution in [1.29, 1.82) is 0 Å². The second kappa shape index (κ2) is 5.08. The Kier molecular flexibility index (Phi) is 3.13. The van der Waals surface area contributed by atoms with Crippen LogP contribution in [0.5, 0.6) is 0 Å². The van der Waals surface area contributed by atoms with Crippen LogP contribution >= 0.6 is 0 Å². The van der Waals surface area contributed by atoms with Gasteiger partial charge in [0.05, 0.1) is 0 Å². The molecule has 1 saturated heterocycles. The average molecular weight is 239 g/mol. The minimum atomic E-state index is 1.03. The predicted molar refractivity (Wildman–Crippen MR) is 75.1 cm³/mol. The van der Waals surface area contributed by atoms with Gasteiger partial charge in [-0.15, -0.1) is 0 Å². The molecule has 0 radical (unpaired) electrons. The quantitative estimate of drug-likeness (QED) is 0.802. The number of hydrogen-bond donors (Lipinski definition) is 0. The Bertz CT molecular complexity index is 428. The van der Waals surface area contributed by atoms with E-state index in [4.69, 9.17) is 0 Å². The highest BCUT2D eigenvalue weighted by molar-refractivity contribution is 5.49. The Morgan fingerprint density at radius 2 is 1.39 bits per heavy atom. The van der Waals surface area contributed by atoms with E-state index in [1.165, 1.54) is 5.69 Å². The van der Waals surface area contributed by atoms with E-state index in [1.807, 2.05) is 18.3 Å². The van der Waals surface area contributed by atoms with Crippen molar-refractivity contribution in [2.24, 2.45) is 0 Å². The zero-order valence-electron chi connectivity index (χ0n) is 10.4. The molecule has 1 fully saturated rings. The zero-order valence-corrected chi connectivity index (χ0v) is 10.4. The van der Waals surface area contributed by atoms with Gasteiger partial charge in [-0.05, 0) is 24.3 Å². The molecule has 1 aromatic carbocycles. The lowest BCUT2D eigenvalue weighted by atomic mass is 10.2. The topological polar surface area (TPSA) is 19.4 Å². The number of aromatic nitrogens is 1. The number of para-hydroxylation sites is 1. The summed E-state index contributed by atoms with van der Waals surface area (Å²) in [6.45, 7) is 4.18. The number of anilines is 2. The van der Waals surface area contributed by atoms with Crippen molar-refractivity contribution < 1.29 is 0 Å². The molecule has 0 N–H and O–H groups in total. The van der Waals surface area contributed by atoms with Crippen molar-refractivity contribution in [3.8, 4) is 0 Å². The molecule has 3 nitrogen and oxygen atoms in total. The molecule has 0 amide bonds. The summed E-state index contributed by atoms with van der Waals surface area (Å²) in [7, 11) is 0. The summed E-state index contributed by atoms with van der Waals surface area (Å²) in [5.41, 5.74) is 1.32. The molecule has 3 heteroatoms. The summed E-state index contributed by atoms with van der Waals surface area (Å²) >= 11 is 0. The first-order chi connectivity index (χ1) is 8.93. The lowest BCUT2D eigenvalue weighted by Crippen LogP contribution is -2.46. The smallest absolute Gasteiger partial charge is 0.128 e. The van der Waals surface area contributed by atoms with Crippen molar-refractivity contribution in [2.75, 3.05) is 36.0 Å². The Morgan fingerprint density at radius 3 is 2.06 bits per heavy atom. The van der Waals surface area contributed by atoms with Crippen molar-refractivity contribution in [2.45, 2.75) is 0 Å². The molecule has 0 spiro atoms. The molecule has 1 aromatic heterocycles. The van der Waals surface area contributed by atoms with Crippen molar-refractivity contribution >= 4 is 11.5 Å². The van der Waals surface area contributed by atoms with E-state index in [0.29, 0.717) is 0 Å². The SMILES string of the molecule is c1ccc(N2CCN(c3ccccn3)CC2)cc1. The number of rotatable bonds is 2. The molecule has 3 rings (SSSR count). The van der Waals surface area contributed by atoms with Gasteiger partial charge in [0.25, 0.3) is 0 Å². The highest BCUT2D eigenvalue weighted by atomic mass is 15.3. The van der Waals surface area contributed by atoms with Gasteiger partial charge in [0.15, 0.2) is 0 Å². The van der Waals surface area contributed by atoms with Crippen LogP contribution in [0.3, 0.4) is 0 Å². The van der Waals surface area contributed by atoms with Gasteiger partial charge in [-0.2, -0.15) is 0 Å². The third-order valence-electron chi connectivity index (χ3n) is 3.37. The number of nitrogens with zero attached hydrogens (tertiary/aromatic N) is 3. The maximum absolute atomic E-state index is 4.41. The van der Waals surface area contributed by atoms with Crippen LogP contribution in [0.25, 0.3) is 0 Å². The maximum Gasteiger partial charge on any atom is 0.128 e. The van der Waals surface area contributed by atoms with E-state index >= 15 is 0 Å². The fourth-order valence-electron chi connectivity index (χ4n) is 2.37. The van der Waals surface area contributed by atoms with Crippen LogP contribution in [0, 0.1) is 0 Å². The van der Waals surface area contributed by atoms with E-state index in [1.54, 1.807) is 0 Å². The van der Waals surface area contributed by atoms with Crippen molar-refractivity contribution in [3.05, 3.63) is 54.7 Å². The molecular formula is C15H17N3. The number of pyridine rings is 1. The number of hydrogen-bond acceptors (Lipinski definition) is 3. The van der Waals surface area contributed by atoms with Gasteiger partial charge in [0.1, 0.15) is 5.82 Å². The molecule has 1 aliphatic heterocycles. The van der Waals surface area contributed by atoms with Crippen LogP contribution in [-0.4, -0.2) is 31.2 Å². The first-order valence-electron chi connectivity index (χ1n) is 6.39. The Balaban J connectivity index is 1.65. The molecule has 0 saturated carbocycles. The Morgan fingerprint density at radius 1 is 0.722 bits per heavy atom. The summed E-state index contributed by atoms with van der Waals surface area (Å²) in [5, 5.41) is 0. The average Bonchev–Trinajstić information content (AvgIpc) is 2.49. The predicted octanol–water partition coefficient (Wildman–Crippen LogP) is 2.41. The van der Waals surface area contributed by atoms with Crippen LogP contribution in [-0.2, 0) is 0 Å². The minimum Gasteiger partial charge on any atom is -0.368 e. The molecular weight excluding hydrogens is 222 g/mol. The monoisotopic (exact) mass is 239 g/mol. The van der Waals surface area contributed by atoms with E-state index < -0.39 is 0 Å². The van der Waals surface area contributed by atoms with Crippen molar-refractivity contribution in [3.63, 3.8) is 0 Å². The summed E-state index contributed by atoms with van der Waals surface area (Å²) in [6.07, 6.45) is 1.86. The third-order valence-corrected chi connectivity index (χ3v) is 3.37. The van der Waals surface area contributed by atoms with Crippen LogP contribution < -0.4 is 9.80 Å².